The summed E-state index contributed by atoms with van der Waals surface area (Å²) < 4.78 is 27.5. The van der Waals surface area contributed by atoms with Crippen LogP contribution in [0.4, 0.5) is 8.78 Å². The van der Waals surface area contributed by atoms with Crippen molar-refractivity contribution >= 4 is 27.3 Å². The molecule has 0 saturated carbocycles. The number of nitrogens with one attached hydrogen (secondary N) is 1. The van der Waals surface area contributed by atoms with Crippen LogP contribution < -0.4 is 5.32 Å². The first kappa shape index (κ1) is 16.6. The number of hydrogen-bond acceptors (Lipinski definition) is 2. The maximum atomic E-state index is 13.4. The third kappa shape index (κ3) is 4.34. The lowest BCUT2D eigenvalue weighted by Crippen LogP contribution is -2.23. The molecular weight excluding hydrogens is 356 g/mol. The van der Waals surface area contributed by atoms with E-state index < -0.39 is 11.6 Å². The number of thiophene rings is 1. The molecule has 2 aromatic rings. The highest BCUT2D eigenvalue weighted by atomic mass is 79.9. The van der Waals surface area contributed by atoms with Gasteiger partial charge >= 0.3 is 0 Å². The van der Waals surface area contributed by atoms with Crippen LogP contribution >= 0.6 is 27.3 Å². The summed E-state index contributed by atoms with van der Waals surface area (Å²) in [5, 5.41) is 3.48. The Morgan fingerprint density at radius 3 is 2.57 bits per heavy atom. The van der Waals surface area contributed by atoms with Gasteiger partial charge in [0.25, 0.3) is 0 Å². The van der Waals surface area contributed by atoms with Gasteiger partial charge < -0.3 is 5.32 Å². The lowest BCUT2D eigenvalue weighted by Gasteiger charge is -2.17. The zero-order chi connectivity index (χ0) is 15.4. The Balaban J connectivity index is 2.21. The van der Waals surface area contributed by atoms with Crippen LogP contribution in [0.15, 0.2) is 28.1 Å². The summed E-state index contributed by atoms with van der Waals surface area (Å²) in [4.78, 5) is 1.21. The number of rotatable bonds is 6. The first-order chi connectivity index (χ1) is 10.0. The average molecular weight is 374 g/mol. The maximum absolute atomic E-state index is 13.4. The van der Waals surface area contributed by atoms with Crippen molar-refractivity contribution in [2.45, 2.75) is 32.7 Å². The molecule has 114 valence electrons. The van der Waals surface area contributed by atoms with Gasteiger partial charge in [-0.15, -0.1) is 11.3 Å². The molecule has 0 aliphatic rings. The van der Waals surface area contributed by atoms with Gasteiger partial charge in [-0.05, 0) is 71.6 Å². The van der Waals surface area contributed by atoms with Crippen LogP contribution in [0.1, 0.15) is 35.4 Å². The van der Waals surface area contributed by atoms with Crippen molar-refractivity contribution in [3.63, 3.8) is 0 Å². The molecule has 0 amide bonds. The molecule has 1 N–H and O–H groups in total. The molecule has 0 bridgehead atoms. The van der Waals surface area contributed by atoms with Gasteiger partial charge in [0.05, 0.1) is 3.79 Å². The topological polar surface area (TPSA) is 12.0 Å². The molecule has 0 fully saturated rings. The molecule has 2 rings (SSSR count). The van der Waals surface area contributed by atoms with Gasteiger partial charge in [0.1, 0.15) is 0 Å². The minimum atomic E-state index is -0.800. The van der Waals surface area contributed by atoms with Crippen molar-refractivity contribution in [2.24, 2.45) is 0 Å². The lowest BCUT2D eigenvalue weighted by molar-refractivity contribution is 0.501. The Bertz CT molecular complexity index is 593. The minimum absolute atomic E-state index is 0.116. The Hall–Kier alpha value is -0.780. The van der Waals surface area contributed by atoms with Crippen molar-refractivity contribution in [3.8, 4) is 0 Å². The van der Waals surface area contributed by atoms with Gasteiger partial charge in [-0.25, -0.2) is 8.78 Å². The fourth-order valence-electron chi connectivity index (χ4n) is 2.15. The molecule has 1 heterocycles. The van der Waals surface area contributed by atoms with E-state index in [4.69, 9.17) is 0 Å². The van der Waals surface area contributed by atoms with Gasteiger partial charge in [0.15, 0.2) is 11.6 Å². The molecule has 1 aromatic heterocycles. The molecule has 1 unspecified atom stereocenters. The van der Waals surface area contributed by atoms with Gasteiger partial charge in [0.2, 0.25) is 0 Å². The molecule has 21 heavy (non-hydrogen) atoms. The van der Waals surface area contributed by atoms with E-state index in [-0.39, 0.29) is 6.04 Å². The molecule has 0 radical (unpaired) electrons. The third-order valence-electron chi connectivity index (χ3n) is 3.28. The Labute approximate surface area is 136 Å². The van der Waals surface area contributed by atoms with Crippen LogP contribution in [0.2, 0.25) is 0 Å². The normalized spacial score (nSPS) is 12.6. The van der Waals surface area contributed by atoms with E-state index in [1.165, 1.54) is 22.6 Å². The summed E-state index contributed by atoms with van der Waals surface area (Å²) >= 11 is 5.23. The Kier molecular flexibility index (Phi) is 5.90. The van der Waals surface area contributed by atoms with Crippen LogP contribution in [0.5, 0.6) is 0 Å². The highest BCUT2D eigenvalue weighted by Gasteiger charge is 2.16. The molecule has 1 atom stereocenters. The van der Waals surface area contributed by atoms with Gasteiger partial charge in [0, 0.05) is 10.9 Å². The van der Waals surface area contributed by atoms with Crippen LogP contribution in [-0.4, -0.2) is 6.54 Å². The molecular formula is C16H18BrF2NS. The van der Waals surface area contributed by atoms with Gasteiger partial charge in [-0.1, -0.05) is 13.0 Å². The van der Waals surface area contributed by atoms with Crippen LogP contribution in [-0.2, 0) is 6.42 Å². The van der Waals surface area contributed by atoms with E-state index in [9.17, 15) is 8.78 Å². The van der Waals surface area contributed by atoms with Crippen molar-refractivity contribution in [1.29, 1.82) is 0 Å². The molecule has 1 nitrogen and oxygen atoms in total. The molecule has 1 aromatic carbocycles. The smallest absolute Gasteiger partial charge is 0.159 e. The number of benzene rings is 1. The fraction of sp³-hybridized carbons (Fsp3) is 0.375. The quantitative estimate of drug-likeness (QED) is 0.716. The van der Waals surface area contributed by atoms with E-state index in [0.717, 1.165) is 22.3 Å². The summed E-state index contributed by atoms with van der Waals surface area (Å²) in [6.45, 7) is 5.05. The molecule has 0 aliphatic carbocycles. The van der Waals surface area contributed by atoms with Crippen LogP contribution in [0, 0.1) is 18.6 Å². The van der Waals surface area contributed by atoms with Gasteiger partial charge in [-0.3, -0.25) is 0 Å². The summed E-state index contributed by atoms with van der Waals surface area (Å²) in [7, 11) is 0. The first-order valence-corrected chi connectivity index (χ1v) is 8.55. The van der Waals surface area contributed by atoms with E-state index in [2.05, 4.69) is 41.2 Å². The van der Waals surface area contributed by atoms with Crippen molar-refractivity contribution < 1.29 is 8.78 Å². The van der Waals surface area contributed by atoms with E-state index in [1.807, 2.05) is 0 Å². The predicted octanol–water partition coefficient (Wildman–Crippen LogP) is 5.38. The first-order valence-electron chi connectivity index (χ1n) is 6.94. The zero-order valence-corrected chi connectivity index (χ0v) is 14.5. The Morgan fingerprint density at radius 1 is 1.24 bits per heavy atom. The second-order valence-electron chi connectivity index (χ2n) is 5.06. The maximum Gasteiger partial charge on any atom is 0.159 e. The highest BCUT2D eigenvalue weighted by molar-refractivity contribution is 9.11. The molecule has 0 saturated heterocycles. The summed E-state index contributed by atoms with van der Waals surface area (Å²) in [6.07, 6.45) is 1.67. The average Bonchev–Trinajstić information content (AvgIpc) is 2.78. The van der Waals surface area contributed by atoms with E-state index in [0.29, 0.717) is 6.42 Å². The monoisotopic (exact) mass is 373 g/mol. The van der Waals surface area contributed by atoms with Crippen molar-refractivity contribution in [1.82, 2.24) is 5.32 Å². The summed E-state index contributed by atoms with van der Waals surface area (Å²) in [6, 6.07) is 6.38. The number of aryl methyl sites for hydroxylation is 1. The predicted molar refractivity (Wildman–Crippen MR) is 87.9 cm³/mol. The molecule has 0 aliphatic heterocycles. The lowest BCUT2D eigenvalue weighted by atomic mass is 10.0. The van der Waals surface area contributed by atoms with E-state index in [1.54, 1.807) is 17.4 Å². The fourth-order valence-corrected chi connectivity index (χ4v) is 3.80. The highest BCUT2D eigenvalue weighted by Crippen LogP contribution is 2.33. The van der Waals surface area contributed by atoms with Crippen LogP contribution in [0.25, 0.3) is 0 Å². The molecule has 5 heteroatoms. The SMILES string of the molecule is CCCNC(Cc1ccc(F)c(F)c1)c1cc(C)c(Br)s1. The number of hydrogen-bond donors (Lipinski definition) is 1. The van der Waals surface area contributed by atoms with Crippen molar-refractivity contribution in [3.05, 3.63) is 55.7 Å². The summed E-state index contributed by atoms with van der Waals surface area (Å²) in [5.74, 6) is -1.59. The second kappa shape index (κ2) is 7.47. The minimum Gasteiger partial charge on any atom is -0.309 e. The largest absolute Gasteiger partial charge is 0.309 e. The van der Waals surface area contributed by atoms with E-state index >= 15 is 0 Å². The van der Waals surface area contributed by atoms with Crippen molar-refractivity contribution in [2.75, 3.05) is 6.54 Å². The summed E-state index contributed by atoms with van der Waals surface area (Å²) in [5.41, 5.74) is 1.99. The molecule has 0 spiro atoms. The van der Waals surface area contributed by atoms with Crippen LogP contribution in [0.3, 0.4) is 0 Å². The van der Waals surface area contributed by atoms with Gasteiger partial charge in [-0.2, -0.15) is 0 Å². The Morgan fingerprint density at radius 2 is 2.00 bits per heavy atom. The zero-order valence-electron chi connectivity index (χ0n) is 12.1. The standard InChI is InChI=1S/C16H18BrF2NS/c1-3-6-20-14(15-7-10(2)16(17)21-15)9-11-4-5-12(18)13(19)8-11/h4-5,7-8,14,20H,3,6,9H2,1-2H3. The second-order valence-corrected chi connectivity index (χ2v) is 7.47. The third-order valence-corrected chi connectivity index (χ3v) is 5.53. The number of halogens is 3.